The van der Waals surface area contributed by atoms with Gasteiger partial charge in [0, 0.05) is 12.1 Å². The van der Waals surface area contributed by atoms with Gasteiger partial charge in [-0.25, -0.2) is 14.1 Å². The minimum absolute atomic E-state index is 0.363. The number of nitrogen functional groups attached to an aromatic ring is 1. The van der Waals surface area contributed by atoms with Gasteiger partial charge < -0.3 is 11.1 Å². The number of anilines is 2. The molecule has 0 saturated carbocycles. The van der Waals surface area contributed by atoms with Crippen LogP contribution in [0, 0.1) is 11.7 Å². The fraction of sp³-hybridized carbons (Fsp3) is 0.227. The number of nitrogens with zero attached hydrogens (tertiary/aromatic N) is 4. The highest BCUT2D eigenvalue weighted by molar-refractivity contribution is 5.99. The summed E-state index contributed by atoms with van der Waals surface area (Å²) in [4.78, 5) is 9.12. The number of rotatable bonds is 6. The van der Waals surface area contributed by atoms with E-state index in [-0.39, 0.29) is 5.82 Å². The highest BCUT2D eigenvalue weighted by Gasteiger charge is 2.20. The predicted molar refractivity (Wildman–Crippen MR) is 114 cm³/mol. The largest absolute Gasteiger partial charge is 0.383 e. The minimum atomic E-state index is -0.363. The van der Waals surface area contributed by atoms with Crippen molar-refractivity contribution in [2.24, 2.45) is 5.92 Å². The van der Waals surface area contributed by atoms with Crippen molar-refractivity contribution in [1.29, 1.82) is 0 Å². The van der Waals surface area contributed by atoms with Crippen molar-refractivity contribution in [2.75, 3.05) is 17.6 Å². The van der Waals surface area contributed by atoms with E-state index < -0.39 is 0 Å². The molecule has 29 heavy (non-hydrogen) atoms. The Hall–Kier alpha value is -3.48. The van der Waals surface area contributed by atoms with Crippen LogP contribution in [-0.2, 0) is 6.54 Å². The Morgan fingerprint density at radius 3 is 2.48 bits per heavy atom. The van der Waals surface area contributed by atoms with E-state index in [2.05, 4.69) is 34.2 Å². The first kappa shape index (κ1) is 18.9. The SMILES string of the molecule is CC(C)CNc1nc(-c2ccccc2F)c2c(N)n(Cc3ccccc3)nc2n1. The van der Waals surface area contributed by atoms with Crippen LogP contribution in [0.2, 0.25) is 0 Å². The van der Waals surface area contributed by atoms with Crippen LogP contribution in [0.5, 0.6) is 0 Å². The molecule has 0 spiro atoms. The standard InChI is InChI=1S/C22H23FN6/c1-14(2)12-25-22-26-19(16-10-6-7-11-17(16)23)18-20(24)29(28-21(18)27-22)13-15-8-4-3-5-9-15/h3-11,14H,12-13,24H2,1-2H3,(H,25,27,28). The molecule has 2 aromatic carbocycles. The molecule has 0 aliphatic carbocycles. The summed E-state index contributed by atoms with van der Waals surface area (Å²) in [5.74, 6) is 0.871. The molecule has 148 valence electrons. The second-order valence-electron chi connectivity index (χ2n) is 7.38. The monoisotopic (exact) mass is 390 g/mol. The summed E-state index contributed by atoms with van der Waals surface area (Å²) in [6.07, 6.45) is 0. The van der Waals surface area contributed by atoms with Gasteiger partial charge in [-0.15, -0.1) is 5.10 Å². The van der Waals surface area contributed by atoms with Crippen LogP contribution in [-0.4, -0.2) is 26.3 Å². The van der Waals surface area contributed by atoms with E-state index in [1.807, 2.05) is 30.3 Å². The minimum Gasteiger partial charge on any atom is -0.383 e. The molecule has 0 radical (unpaired) electrons. The van der Waals surface area contributed by atoms with E-state index in [0.717, 1.165) is 5.56 Å². The fourth-order valence-corrected chi connectivity index (χ4v) is 3.15. The second-order valence-corrected chi connectivity index (χ2v) is 7.38. The molecule has 0 unspecified atom stereocenters. The van der Waals surface area contributed by atoms with E-state index in [0.29, 0.717) is 53.1 Å². The first-order chi connectivity index (χ1) is 14.0. The van der Waals surface area contributed by atoms with Crippen LogP contribution in [0.3, 0.4) is 0 Å². The smallest absolute Gasteiger partial charge is 0.225 e. The Morgan fingerprint density at radius 1 is 1.03 bits per heavy atom. The zero-order valence-corrected chi connectivity index (χ0v) is 16.4. The van der Waals surface area contributed by atoms with Crippen molar-refractivity contribution in [3.8, 4) is 11.3 Å². The van der Waals surface area contributed by atoms with Crippen molar-refractivity contribution in [3.63, 3.8) is 0 Å². The van der Waals surface area contributed by atoms with Crippen LogP contribution in [0.25, 0.3) is 22.3 Å². The second kappa shape index (κ2) is 7.87. The summed E-state index contributed by atoms with van der Waals surface area (Å²) >= 11 is 0. The highest BCUT2D eigenvalue weighted by atomic mass is 19.1. The summed E-state index contributed by atoms with van der Waals surface area (Å²) in [7, 11) is 0. The molecule has 0 fully saturated rings. The molecule has 0 atom stereocenters. The third-order valence-electron chi connectivity index (χ3n) is 4.61. The maximum atomic E-state index is 14.6. The Labute approximate surface area is 168 Å². The van der Waals surface area contributed by atoms with E-state index in [1.165, 1.54) is 6.07 Å². The van der Waals surface area contributed by atoms with Crippen LogP contribution < -0.4 is 11.1 Å². The molecule has 0 amide bonds. The number of hydrogen-bond donors (Lipinski definition) is 2. The summed E-state index contributed by atoms with van der Waals surface area (Å²) in [5.41, 5.74) is 8.74. The maximum absolute atomic E-state index is 14.6. The van der Waals surface area contributed by atoms with Crippen molar-refractivity contribution in [3.05, 3.63) is 66.0 Å². The average Bonchev–Trinajstić information content (AvgIpc) is 3.02. The summed E-state index contributed by atoms with van der Waals surface area (Å²) in [6.45, 7) is 5.38. The summed E-state index contributed by atoms with van der Waals surface area (Å²) in [6, 6.07) is 16.4. The number of benzene rings is 2. The van der Waals surface area contributed by atoms with E-state index in [9.17, 15) is 4.39 Å². The molecule has 6 nitrogen and oxygen atoms in total. The van der Waals surface area contributed by atoms with Crippen LogP contribution in [0.1, 0.15) is 19.4 Å². The molecule has 2 aromatic heterocycles. The molecule has 4 rings (SSSR count). The number of hydrogen-bond acceptors (Lipinski definition) is 5. The zero-order chi connectivity index (χ0) is 20.4. The van der Waals surface area contributed by atoms with Crippen LogP contribution in [0.4, 0.5) is 16.2 Å². The predicted octanol–water partition coefficient (Wildman–Crippen LogP) is 4.33. The normalized spacial score (nSPS) is 11.3. The fourth-order valence-electron chi connectivity index (χ4n) is 3.15. The number of nitrogens with one attached hydrogen (secondary N) is 1. The van der Waals surface area contributed by atoms with Gasteiger partial charge in [0.05, 0.1) is 17.6 Å². The first-order valence-corrected chi connectivity index (χ1v) is 9.59. The van der Waals surface area contributed by atoms with Gasteiger partial charge in [0.25, 0.3) is 0 Å². The van der Waals surface area contributed by atoms with E-state index >= 15 is 0 Å². The molecule has 0 aliphatic rings. The summed E-state index contributed by atoms with van der Waals surface area (Å²) < 4.78 is 16.3. The molecule has 0 saturated heterocycles. The molecular weight excluding hydrogens is 367 g/mol. The molecular formula is C22H23FN6. The topological polar surface area (TPSA) is 81.6 Å². The van der Waals surface area contributed by atoms with Crippen molar-refractivity contribution < 1.29 is 4.39 Å². The molecule has 7 heteroatoms. The molecule has 2 heterocycles. The van der Waals surface area contributed by atoms with Gasteiger partial charge in [-0.05, 0) is 23.6 Å². The lowest BCUT2D eigenvalue weighted by Gasteiger charge is -2.10. The van der Waals surface area contributed by atoms with Crippen LogP contribution >= 0.6 is 0 Å². The lowest BCUT2D eigenvalue weighted by molar-refractivity contribution is 0.631. The number of nitrogens with two attached hydrogens (primary N) is 1. The molecule has 0 aliphatic heterocycles. The Balaban J connectivity index is 1.87. The van der Waals surface area contributed by atoms with E-state index in [4.69, 9.17) is 5.73 Å². The summed E-state index contributed by atoms with van der Waals surface area (Å²) in [5, 5.41) is 8.36. The number of halogens is 1. The van der Waals surface area contributed by atoms with E-state index in [1.54, 1.807) is 22.9 Å². The molecule has 3 N–H and O–H groups in total. The van der Waals surface area contributed by atoms with Gasteiger partial charge in [-0.1, -0.05) is 56.3 Å². The van der Waals surface area contributed by atoms with Crippen molar-refractivity contribution in [2.45, 2.75) is 20.4 Å². The highest BCUT2D eigenvalue weighted by Crippen LogP contribution is 2.33. The number of aromatic nitrogens is 4. The van der Waals surface area contributed by atoms with Crippen LogP contribution in [0.15, 0.2) is 54.6 Å². The average molecular weight is 390 g/mol. The molecule has 0 bridgehead atoms. The quantitative estimate of drug-likeness (QED) is 0.512. The Bertz CT molecular complexity index is 1140. The molecule has 4 aromatic rings. The first-order valence-electron chi connectivity index (χ1n) is 9.59. The Morgan fingerprint density at radius 2 is 1.76 bits per heavy atom. The Kier molecular flexibility index (Phi) is 5.12. The van der Waals surface area contributed by atoms with Gasteiger partial charge in [0.1, 0.15) is 11.6 Å². The van der Waals surface area contributed by atoms with Gasteiger partial charge >= 0.3 is 0 Å². The van der Waals surface area contributed by atoms with Crippen molar-refractivity contribution in [1.82, 2.24) is 19.7 Å². The zero-order valence-electron chi connectivity index (χ0n) is 16.4. The van der Waals surface area contributed by atoms with Gasteiger partial charge in [-0.2, -0.15) is 4.98 Å². The van der Waals surface area contributed by atoms with Crippen molar-refractivity contribution >= 4 is 22.8 Å². The third-order valence-corrected chi connectivity index (χ3v) is 4.61. The third kappa shape index (κ3) is 3.89. The van der Waals surface area contributed by atoms with Gasteiger partial charge in [0.2, 0.25) is 5.95 Å². The maximum Gasteiger partial charge on any atom is 0.225 e. The lowest BCUT2D eigenvalue weighted by atomic mass is 10.1. The number of fused-ring (bicyclic) bond motifs is 1. The lowest BCUT2D eigenvalue weighted by Crippen LogP contribution is -2.11. The van der Waals surface area contributed by atoms with Gasteiger partial charge in [0.15, 0.2) is 5.65 Å². The van der Waals surface area contributed by atoms with Gasteiger partial charge in [-0.3, -0.25) is 0 Å².